The van der Waals surface area contributed by atoms with Crippen molar-refractivity contribution >= 4 is 64.4 Å². The van der Waals surface area contributed by atoms with Crippen molar-refractivity contribution in [3.63, 3.8) is 0 Å². The molecule has 0 spiro atoms. The van der Waals surface area contributed by atoms with Crippen molar-refractivity contribution in [3.05, 3.63) is 83.9 Å². The van der Waals surface area contributed by atoms with Crippen LogP contribution in [0.5, 0.6) is 0 Å². The Morgan fingerprint density at radius 1 is 0.348 bits per heavy atom. The summed E-state index contributed by atoms with van der Waals surface area (Å²) in [6.07, 6.45) is 24.5. The summed E-state index contributed by atoms with van der Waals surface area (Å²) in [4.78, 5) is 2.79. The Morgan fingerprint density at radius 3 is 1.15 bits per heavy atom. The average molecular weight is 647 g/mol. The first-order chi connectivity index (χ1) is 22.7. The smallest absolute Gasteiger partial charge is 0.0455 e. The molecule has 0 bridgehead atoms. The zero-order valence-corrected chi connectivity index (χ0v) is 30.1. The van der Waals surface area contributed by atoms with E-state index in [4.69, 9.17) is 0 Å². The van der Waals surface area contributed by atoms with E-state index >= 15 is 0 Å². The molecule has 0 aliphatic carbocycles. The summed E-state index contributed by atoms with van der Waals surface area (Å²) in [5, 5.41) is 8.25. The Morgan fingerprint density at radius 2 is 0.739 bits per heavy atom. The molecule has 0 nitrogen and oxygen atoms in total. The van der Waals surface area contributed by atoms with Crippen LogP contribution in [-0.2, 0) is 12.8 Å². The summed E-state index contributed by atoms with van der Waals surface area (Å²) >= 11 is 3.91. The SMILES string of the molecule is CCCCCCCCCCc1ccc2cc3cc(-c4cc5cc6ccc(CCCCCCCCCC)cc6cc5s4)sc3cc2c1. The monoisotopic (exact) mass is 646 g/mol. The molecule has 0 aliphatic heterocycles. The van der Waals surface area contributed by atoms with Gasteiger partial charge in [0.1, 0.15) is 0 Å². The van der Waals surface area contributed by atoms with E-state index in [0.717, 1.165) is 0 Å². The number of unbranched alkanes of at least 4 members (excludes halogenated alkanes) is 14. The van der Waals surface area contributed by atoms with Crippen LogP contribution >= 0.6 is 22.7 Å². The topological polar surface area (TPSA) is 0 Å². The molecule has 242 valence electrons. The maximum absolute atomic E-state index is 2.45. The molecular formula is C44H54S2. The summed E-state index contributed by atoms with van der Waals surface area (Å²) in [6.45, 7) is 4.59. The second-order valence-corrected chi connectivity index (χ2v) is 16.0. The third kappa shape index (κ3) is 8.81. The van der Waals surface area contributed by atoms with Crippen molar-refractivity contribution in [3.8, 4) is 9.75 Å². The quantitative estimate of drug-likeness (QED) is 0.0768. The first-order valence-electron chi connectivity index (χ1n) is 18.6. The molecule has 0 unspecified atom stereocenters. The minimum Gasteiger partial charge on any atom is -0.134 e. The molecule has 46 heavy (non-hydrogen) atoms. The number of hydrogen-bond donors (Lipinski definition) is 0. The van der Waals surface area contributed by atoms with Gasteiger partial charge in [-0.2, -0.15) is 0 Å². The highest BCUT2D eigenvalue weighted by Crippen LogP contribution is 2.42. The molecule has 0 saturated heterocycles. The summed E-state index contributed by atoms with van der Waals surface area (Å²) in [5.74, 6) is 0. The first-order valence-corrected chi connectivity index (χ1v) is 20.3. The molecule has 0 N–H and O–H groups in total. The van der Waals surface area contributed by atoms with Crippen LogP contribution in [0.25, 0.3) is 51.5 Å². The number of thiophene rings is 2. The highest BCUT2D eigenvalue weighted by molar-refractivity contribution is 7.28. The number of hydrogen-bond acceptors (Lipinski definition) is 2. The molecule has 6 rings (SSSR count). The van der Waals surface area contributed by atoms with E-state index in [-0.39, 0.29) is 0 Å². The Kier molecular flexibility index (Phi) is 12.2. The molecule has 2 heteroatoms. The molecule has 0 atom stereocenters. The molecule has 0 amide bonds. The number of rotatable bonds is 19. The van der Waals surface area contributed by atoms with Gasteiger partial charge in [-0.1, -0.05) is 140 Å². The van der Waals surface area contributed by atoms with Crippen molar-refractivity contribution in [2.75, 3.05) is 0 Å². The van der Waals surface area contributed by atoms with E-state index in [9.17, 15) is 0 Å². The standard InChI is InChI=1S/C44H54S2/c1-3-5-7-9-11-13-15-17-19-33-21-23-35-27-39-31-43(45-41(39)29-37(35)25-33)44-32-40-28-36-24-22-34(26-38(36)30-42(40)46-44)20-18-16-14-12-10-8-6-4-2/h21-32H,3-20H2,1-2H3. The van der Waals surface area contributed by atoms with E-state index in [1.807, 2.05) is 22.7 Å². The van der Waals surface area contributed by atoms with E-state index < -0.39 is 0 Å². The summed E-state index contributed by atoms with van der Waals surface area (Å²) in [5.41, 5.74) is 2.99. The van der Waals surface area contributed by atoms with Gasteiger partial charge in [-0.25, -0.2) is 0 Å². The van der Waals surface area contributed by atoms with Gasteiger partial charge in [-0.15, -0.1) is 22.7 Å². The normalized spacial score (nSPS) is 12.0. The molecule has 0 aliphatic rings. The summed E-state index contributed by atoms with van der Waals surface area (Å²) < 4.78 is 2.81. The van der Waals surface area contributed by atoms with Crippen LogP contribution in [0.15, 0.2) is 72.8 Å². The molecular weight excluding hydrogens is 593 g/mol. The van der Waals surface area contributed by atoms with Gasteiger partial charge in [0.05, 0.1) is 0 Å². The average Bonchev–Trinajstić information content (AvgIpc) is 3.68. The van der Waals surface area contributed by atoms with Crippen molar-refractivity contribution in [2.24, 2.45) is 0 Å². The van der Waals surface area contributed by atoms with Crippen molar-refractivity contribution in [1.82, 2.24) is 0 Å². The number of fused-ring (bicyclic) bond motifs is 4. The lowest BCUT2D eigenvalue weighted by Gasteiger charge is -2.05. The fraction of sp³-hybridized carbons (Fsp3) is 0.455. The van der Waals surface area contributed by atoms with Gasteiger partial charge in [-0.3, -0.25) is 0 Å². The van der Waals surface area contributed by atoms with Crippen LogP contribution < -0.4 is 0 Å². The Labute approximate surface area is 286 Å². The second kappa shape index (κ2) is 16.9. The van der Waals surface area contributed by atoms with Gasteiger partial charge in [0, 0.05) is 19.2 Å². The number of benzene rings is 4. The third-order valence-corrected chi connectivity index (χ3v) is 12.4. The minimum atomic E-state index is 1.20. The lowest BCUT2D eigenvalue weighted by atomic mass is 10.0. The van der Waals surface area contributed by atoms with Crippen molar-refractivity contribution in [1.29, 1.82) is 0 Å². The van der Waals surface area contributed by atoms with E-state index in [2.05, 4.69) is 86.6 Å². The van der Waals surface area contributed by atoms with Gasteiger partial charge in [0.15, 0.2) is 0 Å². The predicted octanol–water partition coefficient (Wildman–Crippen LogP) is 15.5. The fourth-order valence-corrected chi connectivity index (χ4v) is 9.41. The van der Waals surface area contributed by atoms with Crippen LogP contribution in [0.3, 0.4) is 0 Å². The van der Waals surface area contributed by atoms with Gasteiger partial charge in [-0.05, 0) is 106 Å². The van der Waals surface area contributed by atoms with Crippen LogP contribution in [0.2, 0.25) is 0 Å². The fourth-order valence-electron chi connectivity index (χ4n) is 7.15. The Balaban J connectivity index is 1.09. The van der Waals surface area contributed by atoms with Gasteiger partial charge < -0.3 is 0 Å². The molecule has 2 aromatic heterocycles. The van der Waals surface area contributed by atoms with Crippen LogP contribution in [-0.4, -0.2) is 0 Å². The lowest BCUT2D eigenvalue weighted by molar-refractivity contribution is 0.575. The zero-order valence-electron chi connectivity index (χ0n) is 28.5. The largest absolute Gasteiger partial charge is 0.134 e. The molecule has 0 radical (unpaired) electrons. The molecule has 0 saturated carbocycles. The van der Waals surface area contributed by atoms with Crippen LogP contribution in [0.4, 0.5) is 0 Å². The zero-order chi connectivity index (χ0) is 31.6. The molecule has 4 aromatic carbocycles. The molecule has 2 heterocycles. The van der Waals surface area contributed by atoms with E-state index in [0.29, 0.717) is 0 Å². The van der Waals surface area contributed by atoms with Crippen LogP contribution in [0.1, 0.15) is 128 Å². The highest BCUT2D eigenvalue weighted by atomic mass is 32.1. The minimum absolute atomic E-state index is 1.20. The van der Waals surface area contributed by atoms with E-state index in [1.54, 1.807) is 0 Å². The van der Waals surface area contributed by atoms with Crippen LogP contribution in [0, 0.1) is 0 Å². The van der Waals surface area contributed by atoms with Gasteiger partial charge >= 0.3 is 0 Å². The van der Waals surface area contributed by atoms with Gasteiger partial charge in [0.25, 0.3) is 0 Å². The maximum Gasteiger partial charge on any atom is 0.0455 e. The second-order valence-electron chi connectivity index (χ2n) is 13.8. The first kappa shape index (κ1) is 33.2. The number of aryl methyl sites for hydroxylation is 2. The molecule has 0 fully saturated rings. The molecule has 6 aromatic rings. The summed E-state index contributed by atoms with van der Waals surface area (Å²) in [6, 6.07) is 28.8. The third-order valence-electron chi connectivity index (χ3n) is 9.96. The van der Waals surface area contributed by atoms with Crippen molar-refractivity contribution in [2.45, 2.75) is 129 Å². The Hall–Kier alpha value is -2.68. The lowest BCUT2D eigenvalue weighted by Crippen LogP contribution is -1.87. The summed E-state index contributed by atoms with van der Waals surface area (Å²) in [7, 11) is 0. The van der Waals surface area contributed by atoms with Gasteiger partial charge in [0.2, 0.25) is 0 Å². The van der Waals surface area contributed by atoms with E-state index in [1.165, 1.54) is 178 Å². The highest BCUT2D eigenvalue weighted by Gasteiger charge is 2.11. The van der Waals surface area contributed by atoms with Crippen molar-refractivity contribution < 1.29 is 0 Å². The predicted molar refractivity (Wildman–Crippen MR) is 210 cm³/mol. The maximum atomic E-state index is 2.45. The Bertz CT molecular complexity index is 1700.